The van der Waals surface area contributed by atoms with Gasteiger partial charge in [-0.3, -0.25) is 9.59 Å². The zero-order valence-electron chi connectivity index (χ0n) is 15.5. The lowest BCUT2D eigenvalue weighted by atomic mass is 10.1. The molecule has 140 valence electrons. The fourth-order valence-electron chi connectivity index (χ4n) is 2.29. The average Bonchev–Trinajstić information content (AvgIpc) is 2.61. The third-order valence-electron chi connectivity index (χ3n) is 3.68. The van der Waals surface area contributed by atoms with Crippen molar-refractivity contribution < 1.29 is 9.53 Å². The van der Waals surface area contributed by atoms with Crippen molar-refractivity contribution in [3.63, 3.8) is 0 Å². The Hall–Kier alpha value is -2.28. The van der Waals surface area contributed by atoms with Crippen LogP contribution >= 0.6 is 11.8 Å². The monoisotopic (exact) mass is 375 g/mol. The summed E-state index contributed by atoms with van der Waals surface area (Å²) in [6.07, 6.45) is 0.614. The van der Waals surface area contributed by atoms with Crippen molar-refractivity contribution in [3.05, 3.63) is 46.4 Å². The number of rotatable bonds is 8. The van der Waals surface area contributed by atoms with Crippen molar-refractivity contribution in [1.29, 1.82) is 0 Å². The van der Waals surface area contributed by atoms with E-state index in [9.17, 15) is 9.59 Å². The number of carbonyl (C=O) groups is 1. The maximum Gasteiger partial charge on any atom is 0.251 e. The van der Waals surface area contributed by atoms with Gasteiger partial charge in [-0.25, -0.2) is 4.98 Å². The van der Waals surface area contributed by atoms with Crippen molar-refractivity contribution in [2.24, 2.45) is 0 Å². The highest BCUT2D eigenvalue weighted by Crippen LogP contribution is 2.24. The van der Waals surface area contributed by atoms with E-state index in [1.807, 2.05) is 39.8 Å². The van der Waals surface area contributed by atoms with E-state index in [0.29, 0.717) is 23.9 Å². The molecule has 0 fully saturated rings. The molecule has 0 radical (unpaired) electrons. The number of nitrogens with one attached hydrogen (secondary N) is 2. The molecule has 1 heterocycles. The smallest absolute Gasteiger partial charge is 0.251 e. The van der Waals surface area contributed by atoms with E-state index in [2.05, 4.69) is 15.3 Å². The van der Waals surface area contributed by atoms with Gasteiger partial charge in [0.15, 0.2) is 5.16 Å². The quantitative estimate of drug-likeness (QED) is 0.541. The van der Waals surface area contributed by atoms with Crippen LogP contribution in [0.25, 0.3) is 0 Å². The molecule has 1 unspecified atom stereocenters. The van der Waals surface area contributed by atoms with Crippen LogP contribution in [0.1, 0.15) is 45.7 Å². The van der Waals surface area contributed by atoms with E-state index in [1.54, 1.807) is 12.1 Å². The Morgan fingerprint density at radius 3 is 2.54 bits per heavy atom. The zero-order valence-corrected chi connectivity index (χ0v) is 16.4. The number of anilines is 1. The predicted octanol–water partition coefficient (Wildman–Crippen LogP) is 3.80. The summed E-state index contributed by atoms with van der Waals surface area (Å²) in [7, 11) is 0. The summed E-state index contributed by atoms with van der Waals surface area (Å²) in [6.45, 7) is 8.41. The van der Waals surface area contributed by atoms with E-state index in [0.717, 1.165) is 11.4 Å². The van der Waals surface area contributed by atoms with Gasteiger partial charge in [-0.05, 0) is 43.5 Å². The van der Waals surface area contributed by atoms with Crippen LogP contribution in [0.4, 0.5) is 5.69 Å². The van der Waals surface area contributed by atoms with Crippen LogP contribution in [0.2, 0.25) is 0 Å². The number of aromatic nitrogens is 2. The summed E-state index contributed by atoms with van der Waals surface area (Å²) in [6, 6.07) is 8.74. The Labute approximate surface area is 157 Å². The van der Waals surface area contributed by atoms with Gasteiger partial charge in [0.05, 0.1) is 17.6 Å². The Kier molecular flexibility index (Phi) is 7.26. The molecule has 2 rings (SSSR count). The lowest BCUT2D eigenvalue weighted by Gasteiger charge is -2.15. The molecule has 0 aliphatic heterocycles. The number of hydrogen-bond acceptors (Lipinski definition) is 5. The van der Waals surface area contributed by atoms with E-state index in [4.69, 9.17) is 4.74 Å². The second-order valence-corrected chi connectivity index (χ2v) is 7.28. The zero-order chi connectivity index (χ0) is 19.1. The summed E-state index contributed by atoms with van der Waals surface area (Å²) in [5.41, 5.74) is 1.22. The lowest BCUT2D eigenvalue weighted by Crippen LogP contribution is -2.25. The average molecular weight is 375 g/mol. The number of carbonyl (C=O) groups excluding carboxylic acids is 1. The van der Waals surface area contributed by atoms with E-state index < -0.39 is 0 Å². The minimum absolute atomic E-state index is 0.126. The van der Waals surface area contributed by atoms with Crippen LogP contribution in [0.5, 0.6) is 5.75 Å². The second kappa shape index (κ2) is 9.43. The fraction of sp³-hybridized carbons (Fsp3) is 0.421. The molecule has 6 nitrogen and oxygen atoms in total. The third-order valence-corrected chi connectivity index (χ3v) is 4.93. The minimum Gasteiger partial charge on any atom is -0.494 e. The molecule has 2 aromatic rings. The first-order valence-corrected chi connectivity index (χ1v) is 9.62. The van der Waals surface area contributed by atoms with Crippen LogP contribution < -0.4 is 15.6 Å². The summed E-state index contributed by atoms with van der Waals surface area (Å²) in [4.78, 5) is 31.6. The van der Waals surface area contributed by atoms with Gasteiger partial charge < -0.3 is 15.0 Å². The SMILES string of the molecule is CCOc1ccc(NC(=O)C(CC)Sc2nc(C(C)C)cc(=O)[nH]2)cc1. The molecule has 0 aliphatic carbocycles. The normalized spacial score (nSPS) is 12.0. The highest BCUT2D eigenvalue weighted by atomic mass is 32.2. The number of thioether (sulfide) groups is 1. The van der Waals surface area contributed by atoms with Gasteiger partial charge in [-0.1, -0.05) is 32.5 Å². The molecular weight excluding hydrogens is 350 g/mol. The number of H-pyrrole nitrogens is 1. The standard InChI is InChI=1S/C19H25N3O3S/c1-5-16(26-19-21-15(12(3)4)11-17(23)22-19)18(24)20-13-7-9-14(10-8-13)25-6-2/h7-12,16H,5-6H2,1-4H3,(H,20,24)(H,21,22,23). The Bertz CT molecular complexity index is 787. The van der Waals surface area contributed by atoms with E-state index >= 15 is 0 Å². The van der Waals surface area contributed by atoms with Crippen LogP contribution in [0.15, 0.2) is 40.3 Å². The van der Waals surface area contributed by atoms with E-state index in [1.165, 1.54) is 17.8 Å². The maximum absolute atomic E-state index is 12.6. The summed E-state index contributed by atoms with van der Waals surface area (Å²) >= 11 is 1.27. The predicted molar refractivity (Wildman–Crippen MR) is 105 cm³/mol. The maximum atomic E-state index is 12.6. The number of amides is 1. The summed E-state index contributed by atoms with van der Waals surface area (Å²) in [5, 5.41) is 3.01. The van der Waals surface area contributed by atoms with Crippen molar-refractivity contribution in [1.82, 2.24) is 9.97 Å². The second-order valence-electron chi connectivity index (χ2n) is 6.09. The number of hydrogen-bond donors (Lipinski definition) is 2. The van der Waals surface area contributed by atoms with Gasteiger partial charge in [0.2, 0.25) is 5.91 Å². The highest BCUT2D eigenvalue weighted by molar-refractivity contribution is 8.00. The molecule has 0 saturated heterocycles. The third kappa shape index (κ3) is 5.62. The van der Waals surface area contributed by atoms with Gasteiger partial charge in [-0.2, -0.15) is 0 Å². The largest absolute Gasteiger partial charge is 0.494 e. The Balaban J connectivity index is 2.08. The summed E-state index contributed by atoms with van der Waals surface area (Å²) in [5.74, 6) is 0.785. The number of ether oxygens (including phenoxy) is 1. The molecule has 2 N–H and O–H groups in total. The molecule has 1 amide bonds. The van der Waals surface area contributed by atoms with Gasteiger partial charge in [0, 0.05) is 11.8 Å². The van der Waals surface area contributed by atoms with Crippen molar-refractivity contribution >= 4 is 23.4 Å². The molecule has 1 aromatic heterocycles. The van der Waals surface area contributed by atoms with E-state index in [-0.39, 0.29) is 22.6 Å². The lowest BCUT2D eigenvalue weighted by molar-refractivity contribution is -0.115. The van der Waals surface area contributed by atoms with Crippen LogP contribution in [-0.2, 0) is 4.79 Å². The molecule has 1 atom stereocenters. The first kappa shape index (κ1) is 20.0. The first-order chi connectivity index (χ1) is 12.4. The van der Waals surface area contributed by atoms with Gasteiger partial charge >= 0.3 is 0 Å². The number of aromatic amines is 1. The highest BCUT2D eigenvalue weighted by Gasteiger charge is 2.20. The van der Waals surface area contributed by atoms with Gasteiger partial charge in [0.25, 0.3) is 5.56 Å². The Morgan fingerprint density at radius 2 is 1.96 bits per heavy atom. The number of benzene rings is 1. The molecule has 0 bridgehead atoms. The van der Waals surface area contributed by atoms with Gasteiger partial charge in [0.1, 0.15) is 5.75 Å². The van der Waals surface area contributed by atoms with Crippen LogP contribution in [-0.4, -0.2) is 27.7 Å². The van der Waals surface area contributed by atoms with Crippen LogP contribution in [0, 0.1) is 0 Å². The molecular formula is C19H25N3O3S. The molecule has 26 heavy (non-hydrogen) atoms. The van der Waals surface area contributed by atoms with Crippen molar-refractivity contribution in [2.45, 2.75) is 50.4 Å². The molecule has 7 heteroatoms. The fourth-order valence-corrected chi connectivity index (χ4v) is 3.21. The minimum atomic E-state index is -0.355. The Morgan fingerprint density at radius 1 is 1.27 bits per heavy atom. The molecule has 0 spiro atoms. The molecule has 0 aliphatic rings. The van der Waals surface area contributed by atoms with Crippen molar-refractivity contribution in [2.75, 3.05) is 11.9 Å². The number of nitrogens with zero attached hydrogens (tertiary/aromatic N) is 1. The topological polar surface area (TPSA) is 84.1 Å². The molecule has 0 saturated carbocycles. The first-order valence-electron chi connectivity index (χ1n) is 8.74. The van der Waals surface area contributed by atoms with Crippen LogP contribution in [0.3, 0.4) is 0 Å². The van der Waals surface area contributed by atoms with Gasteiger partial charge in [-0.15, -0.1) is 0 Å². The molecule has 1 aromatic carbocycles. The van der Waals surface area contributed by atoms with Crippen molar-refractivity contribution in [3.8, 4) is 5.75 Å². The summed E-state index contributed by atoms with van der Waals surface area (Å²) < 4.78 is 5.40.